The minimum absolute atomic E-state index is 0.590. The minimum Gasteiger partial charge on any atom is -0.496 e. The summed E-state index contributed by atoms with van der Waals surface area (Å²) in [6.45, 7) is 1.35. The van der Waals surface area contributed by atoms with Crippen LogP contribution in [-0.4, -0.2) is 20.8 Å². The third-order valence-electron chi connectivity index (χ3n) is 2.57. The van der Waals surface area contributed by atoms with Gasteiger partial charge in [0.05, 0.1) is 13.7 Å². The number of methoxy groups -OCH3 is 2. The second-order valence-corrected chi connectivity index (χ2v) is 3.82. The van der Waals surface area contributed by atoms with Gasteiger partial charge < -0.3 is 15.2 Å². The molecule has 2 N–H and O–H groups in total. The molecule has 3 nitrogen and oxygen atoms in total. The monoisotopic (exact) mass is 223 g/mol. The summed E-state index contributed by atoms with van der Waals surface area (Å²) in [6, 6.07) is 6.29. The summed E-state index contributed by atoms with van der Waals surface area (Å²) >= 11 is 0. The van der Waals surface area contributed by atoms with Gasteiger partial charge in [-0.3, -0.25) is 0 Å². The smallest absolute Gasteiger partial charge is 0.124 e. The normalized spacial score (nSPS) is 10.4. The highest BCUT2D eigenvalue weighted by atomic mass is 16.5. The van der Waals surface area contributed by atoms with E-state index < -0.39 is 0 Å². The topological polar surface area (TPSA) is 44.5 Å². The zero-order valence-electron chi connectivity index (χ0n) is 10.2. The Morgan fingerprint density at radius 2 is 2.00 bits per heavy atom. The van der Waals surface area contributed by atoms with Gasteiger partial charge in [-0.2, -0.15) is 0 Å². The summed E-state index contributed by atoms with van der Waals surface area (Å²) in [4.78, 5) is 0. The molecule has 0 aliphatic carbocycles. The van der Waals surface area contributed by atoms with Crippen LogP contribution in [0.4, 0.5) is 0 Å². The van der Waals surface area contributed by atoms with Gasteiger partial charge in [-0.25, -0.2) is 0 Å². The lowest BCUT2D eigenvalue weighted by Gasteiger charge is -2.10. The zero-order chi connectivity index (χ0) is 11.8. The Morgan fingerprint density at radius 1 is 1.19 bits per heavy atom. The molecule has 0 saturated heterocycles. The lowest BCUT2D eigenvalue weighted by Crippen LogP contribution is -2.00. The first-order valence-electron chi connectivity index (χ1n) is 5.66. The molecule has 0 atom stereocenters. The molecular weight excluding hydrogens is 202 g/mol. The Balaban J connectivity index is 2.66. The van der Waals surface area contributed by atoms with E-state index in [-0.39, 0.29) is 0 Å². The molecule has 1 aromatic rings. The van der Waals surface area contributed by atoms with E-state index in [1.54, 1.807) is 14.2 Å². The van der Waals surface area contributed by atoms with Crippen LogP contribution < -0.4 is 10.5 Å². The molecule has 1 rings (SSSR count). The van der Waals surface area contributed by atoms with Crippen molar-refractivity contribution in [3.05, 3.63) is 29.3 Å². The molecule has 0 spiro atoms. The fraction of sp³-hybridized carbons (Fsp3) is 0.538. The lowest BCUT2D eigenvalue weighted by molar-refractivity contribution is 0.181. The van der Waals surface area contributed by atoms with Crippen molar-refractivity contribution in [1.82, 2.24) is 0 Å². The third-order valence-corrected chi connectivity index (χ3v) is 2.57. The minimum atomic E-state index is 0.590. The summed E-state index contributed by atoms with van der Waals surface area (Å²) in [5.74, 6) is 0.909. The van der Waals surface area contributed by atoms with E-state index in [0.717, 1.165) is 37.1 Å². The Kier molecular flexibility index (Phi) is 5.90. The van der Waals surface area contributed by atoms with Crippen LogP contribution in [0.15, 0.2) is 18.2 Å². The maximum Gasteiger partial charge on any atom is 0.124 e. The van der Waals surface area contributed by atoms with Gasteiger partial charge in [0.15, 0.2) is 0 Å². The molecule has 0 aliphatic heterocycles. The Hall–Kier alpha value is -1.06. The largest absolute Gasteiger partial charge is 0.496 e. The number of hydrogen-bond acceptors (Lipinski definition) is 3. The van der Waals surface area contributed by atoms with Gasteiger partial charge in [-0.15, -0.1) is 0 Å². The highest BCUT2D eigenvalue weighted by Gasteiger charge is 2.03. The van der Waals surface area contributed by atoms with Gasteiger partial charge in [0.1, 0.15) is 5.75 Å². The summed E-state index contributed by atoms with van der Waals surface area (Å²) in [6.07, 6.45) is 3.26. The molecule has 0 aliphatic rings. The quantitative estimate of drug-likeness (QED) is 0.720. The maximum atomic E-state index is 5.47. The number of benzene rings is 1. The van der Waals surface area contributed by atoms with Crippen LogP contribution in [-0.2, 0) is 17.8 Å². The molecule has 1 aromatic carbocycles. The van der Waals surface area contributed by atoms with Gasteiger partial charge >= 0.3 is 0 Å². The molecule has 0 amide bonds. The highest BCUT2D eigenvalue weighted by Crippen LogP contribution is 2.21. The molecule has 0 fully saturated rings. The molecule has 3 heteroatoms. The molecule has 16 heavy (non-hydrogen) atoms. The first-order chi connectivity index (χ1) is 7.81. The van der Waals surface area contributed by atoms with Crippen molar-refractivity contribution >= 4 is 0 Å². The molecule has 0 unspecified atom stereocenters. The number of nitrogens with two attached hydrogens (primary N) is 1. The van der Waals surface area contributed by atoms with Gasteiger partial charge in [-0.1, -0.05) is 12.1 Å². The summed E-state index contributed by atoms with van der Waals surface area (Å²) in [7, 11) is 3.38. The second-order valence-electron chi connectivity index (χ2n) is 3.82. The van der Waals surface area contributed by atoms with Crippen molar-refractivity contribution in [2.45, 2.75) is 25.9 Å². The molecule has 0 heterocycles. The van der Waals surface area contributed by atoms with E-state index in [1.165, 1.54) is 5.56 Å². The van der Waals surface area contributed by atoms with Crippen LogP contribution in [0.25, 0.3) is 0 Å². The van der Waals surface area contributed by atoms with E-state index in [1.807, 2.05) is 0 Å². The molecule has 0 bridgehead atoms. The van der Waals surface area contributed by atoms with E-state index in [9.17, 15) is 0 Å². The number of aryl methyl sites for hydroxylation is 1. The van der Waals surface area contributed by atoms with Crippen LogP contribution in [0.1, 0.15) is 24.0 Å². The van der Waals surface area contributed by atoms with E-state index in [2.05, 4.69) is 18.2 Å². The summed E-state index contributed by atoms with van der Waals surface area (Å²) in [5.41, 5.74) is 7.86. The highest BCUT2D eigenvalue weighted by molar-refractivity contribution is 5.37. The van der Waals surface area contributed by atoms with Gasteiger partial charge in [0.2, 0.25) is 0 Å². The zero-order valence-corrected chi connectivity index (χ0v) is 10.2. The Labute approximate surface area is 97.6 Å². The van der Waals surface area contributed by atoms with Crippen molar-refractivity contribution in [3.8, 4) is 5.75 Å². The number of hydrogen-bond donors (Lipinski definition) is 1. The van der Waals surface area contributed by atoms with Gasteiger partial charge in [-0.05, 0) is 37.4 Å². The predicted octanol–water partition coefficient (Wildman–Crippen LogP) is 2.12. The molecule has 0 saturated carbocycles. The van der Waals surface area contributed by atoms with Crippen molar-refractivity contribution < 1.29 is 9.47 Å². The third kappa shape index (κ3) is 3.83. The van der Waals surface area contributed by atoms with Crippen LogP contribution in [0.5, 0.6) is 5.75 Å². The molecule has 0 radical (unpaired) electrons. The number of rotatable bonds is 7. The van der Waals surface area contributed by atoms with Crippen molar-refractivity contribution in [2.75, 3.05) is 20.8 Å². The van der Waals surface area contributed by atoms with Crippen LogP contribution in [0, 0.1) is 0 Å². The Bertz CT molecular complexity index is 313. The first kappa shape index (κ1) is 13.0. The SMILES string of the molecule is COCc1ccc(CCCCN)cc1OC. The van der Waals surface area contributed by atoms with E-state index in [0.29, 0.717) is 6.61 Å². The van der Waals surface area contributed by atoms with Crippen molar-refractivity contribution in [3.63, 3.8) is 0 Å². The van der Waals surface area contributed by atoms with Crippen LogP contribution in [0.2, 0.25) is 0 Å². The fourth-order valence-corrected chi connectivity index (χ4v) is 1.69. The van der Waals surface area contributed by atoms with E-state index >= 15 is 0 Å². The van der Waals surface area contributed by atoms with E-state index in [4.69, 9.17) is 15.2 Å². The van der Waals surface area contributed by atoms with Gasteiger partial charge in [0, 0.05) is 12.7 Å². The van der Waals surface area contributed by atoms with Crippen molar-refractivity contribution in [1.29, 1.82) is 0 Å². The standard InChI is InChI=1S/C13H21NO2/c1-15-10-12-7-6-11(5-3-4-8-14)9-13(12)16-2/h6-7,9H,3-5,8,10,14H2,1-2H3. The fourth-order valence-electron chi connectivity index (χ4n) is 1.69. The van der Waals surface area contributed by atoms with Gasteiger partial charge in [0.25, 0.3) is 0 Å². The maximum absolute atomic E-state index is 5.47. The summed E-state index contributed by atoms with van der Waals surface area (Å²) in [5, 5.41) is 0. The predicted molar refractivity (Wildman–Crippen MR) is 65.7 cm³/mol. The van der Waals surface area contributed by atoms with Crippen molar-refractivity contribution in [2.24, 2.45) is 5.73 Å². The first-order valence-corrected chi connectivity index (χ1v) is 5.66. The molecule has 0 aromatic heterocycles. The molecular formula is C13H21NO2. The summed E-state index contributed by atoms with van der Waals surface area (Å²) < 4.78 is 10.5. The molecule has 90 valence electrons. The Morgan fingerprint density at radius 3 is 2.62 bits per heavy atom. The number of unbranched alkanes of at least 4 members (excludes halogenated alkanes) is 1. The average molecular weight is 223 g/mol. The van der Waals surface area contributed by atoms with Crippen LogP contribution in [0.3, 0.4) is 0 Å². The second kappa shape index (κ2) is 7.25. The average Bonchev–Trinajstić information content (AvgIpc) is 2.31. The number of ether oxygens (including phenoxy) is 2. The lowest BCUT2D eigenvalue weighted by atomic mass is 10.1. The van der Waals surface area contributed by atoms with Crippen LogP contribution >= 0.6 is 0 Å².